The van der Waals surface area contributed by atoms with Crippen molar-refractivity contribution in [1.29, 1.82) is 0 Å². The van der Waals surface area contributed by atoms with Gasteiger partial charge in [0, 0.05) is 17.6 Å². The first-order chi connectivity index (χ1) is 8.95. The maximum Gasteiger partial charge on any atom is 0.254 e. The fraction of sp³-hybridized carbons (Fsp3) is 0.533. The number of nitrogens with zero attached hydrogens (tertiary/aromatic N) is 1. The second-order valence-electron chi connectivity index (χ2n) is 5.56. The van der Waals surface area contributed by atoms with Crippen LogP contribution in [-0.4, -0.2) is 29.5 Å². The lowest BCUT2D eigenvalue weighted by Gasteiger charge is -2.31. The first-order valence-electron chi connectivity index (χ1n) is 6.80. The number of carbonyl (C=O) groups is 1. The summed E-state index contributed by atoms with van der Waals surface area (Å²) in [4.78, 5) is 14.4. The highest BCUT2D eigenvalue weighted by Crippen LogP contribution is 2.31. The van der Waals surface area contributed by atoms with Gasteiger partial charge in [0.05, 0.1) is 12.3 Å². The number of nitrogens with two attached hydrogens (primary N) is 1. The number of amides is 1. The summed E-state index contributed by atoms with van der Waals surface area (Å²) in [6, 6.07) is 5.27. The van der Waals surface area contributed by atoms with E-state index in [1.165, 1.54) is 0 Å². The number of ether oxygens (including phenoxy) is 1. The molecule has 0 atom stereocenters. The summed E-state index contributed by atoms with van der Waals surface area (Å²) < 4.78 is 5.39. The number of hydrogen-bond acceptors (Lipinski definition) is 3. The third-order valence-electron chi connectivity index (χ3n) is 3.70. The van der Waals surface area contributed by atoms with Crippen molar-refractivity contribution in [2.45, 2.75) is 39.2 Å². The van der Waals surface area contributed by atoms with Gasteiger partial charge >= 0.3 is 0 Å². The Morgan fingerprint density at radius 2 is 2.21 bits per heavy atom. The molecule has 2 rings (SSSR count). The summed E-state index contributed by atoms with van der Waals surface area (Å²) in [6.07, 6.45) is 2.11. The highest BCUT2D eigenvalue weighted by Gasteiger charge is 2.35. The quantitative estimate of drug-likeness (QED) is 0.852. The maximum atomic E-state index is 12.5. The third-order valence-corrected chi connectivity index (χ3v) is 3.70. The van der Waals surface area contributed by atoms with Gasteiger partial charge in [-0.3, -0.25) is 4.79 Å². The molecule has 1 amide bonds. The van der Waals surface area contributed by atoms with Gasteiger partial charge in [-0.25, -0.2) is 0 Å². The average Bonchev–Trinajstić information content (AvgIpc) is 2.71. The van der Waals surface area contributed by atoms with Crippen LogP contribution in [-0.2, 0) is 0 Å². The molecule has 1 heterocycles. The van der Waals surface area contributed by atoms with Crippen molar-refractivity contribution >= 4 is 11.6 Å². The van der Waals surface area contributed by atoms with E-state index in [1.54, 1.807) is 18.2 Å². The molecule has 104 valence electrons. The van der Waals surface area contributed by atoms with Crippen LogP contribution in [0.1, 0.15) is 44.0 Å². The van der Waals surface area contributed by atoms with Crippen LogP contribution in [0.25, 0.3) is 0 Å². The van der Waals surface area contributed by atoms with Crippen LogP contribution >= 0.6 is 0 Å². The second-order valence-corrected chi connectivity index (χ2v) is 5.56. The van der Waals surface area contributed by atoms with Crippen LogP contribution in [0.2, 0.25) is 0 Å². The molecule has 19 heavy (non-hydrogen) atoms. The van der Waals surface area contributed by atoms with Crippen LogP contribution in [0.5, 0.6) is 5.75 Å². The molecular weight excluding hydrogens is 240 g/mol. The van der Waals surface area contributed by atoms with Gasteiger partial charge in [0.15, 0.2) is 0 Å². The van der Waals surface area contributed by atoms with Crippen LogP contribution in [0, 0.1) is 0 Å². The van der Waals surface area contributed by atoms with Crippen molar-refractivity contribution in [3.63, 3.8) is 0 Å². The normalized spacial score (nSPS) is 17.5. The smallest absolute Gasteiger partial charge is 0.254 e. The Bertz CT molecular complexity index is 483. The van der Waals surface area contributed by atoms with Crippen molar-refractivity contribution in [2.24, 2.45) is 0 Å². The highest BCUT2D eigenvalue weighted by molar-refractivity contribution is 5.96. The number of anilines is 1. The molecule has 0 radical (unpaired) electrons. The highest BCUT2D eigenvalue weighted by atomic mass is 16.5. The fourth-order valence-electron chi connectivity index (χ4n) is 2.61. The van der Waals surface area contributed by atoms with Gasteiger partial charge in [-0.2, -0.15) is 0 Å². The Labute approximate surface area is 114 Å². The van der Waals surface area contributed by atoms with Crippen molar-refractivity contribution in [1.82, 2.24) is 4.90 Å². The zero-order valence-corrected chi connectivity index (χ0v) is 11.9. The minimum absolute atomic E-state index is 0.0530. The summed E-state index contributed by atoms with van der Waals surface area (Å²) in [5, 5.41) is 0. The molecule has 1 aliphatic rings. The lowest BCUT2D eigenvalue weighted by Crippen LogP contribution is -2.42. The van der Waals surface area contributed by atoms with Crippen molar-refractivity contribution < 1.29 is 9.53 Å². The monoisotopic (exact) mass is 262 g/mol. The maximum absolute atomic E-state index is 12.5. The molecule has 0 unspecified atom stereocenters. The van der Waals surface area contributed by atoms with Crippen molar-refractivity contribution in [2.75, 3.05) is 18.9 Å². The van der Waals surface area contributed by atoms with E-state index in [-0.39, 0.29) is 11.4 Å². The second kappa shape index (κ2) is 5.11. The van der Waals surface area contributed by atoms with Gasteiger partial charge in [0.2, 0.25) is 0 Å². The largest absolute Gasteiger partial charge is 0.492 e. The van der Waals surface area contributed by atoms with Gasteiger partial charge in [0.25, 0.3) is 5.91 Å². The summed E-state index contributed by atoms with van der Waals surface area (Å²) >= 11 is 0. The summed E-state index contributed by atoms with van der Waals surface area (Å²) in [6.45, 7) is 7.51. The minimum atomic E-state index is -0.0650. The molecule has 1 saturated heterocycles. The standard InChI is InChI=1S/C15H22N2O2/c1-4-19-13-7-6-11(10-12(13)16)14(18)17-9-5-8-15(17,2)3/h6-7,10H,4-5,8-9,16H2,1-3H3. The lowest BCUT2D eigenvalue weighted by atomic mass is 10.0. The van der Waals surface area contributed by atoms with E-state index >= 15 is 0 Å². The van der Waals surface area contributed by atoms with Gasteiger partial charge in [-0.15, -0.1) is 0 Å². The number of hydrogen-bond donors (Lipinski definition) is 1. The fourth-order valence-corrected chi connectivity index (χ4v) is 2.61. The summed E-state index contributed by atoms with van der Waals surface area (Å²) in [7, 11) is 0. The van der Waals surface area contributed by atoms with E-state index in [9.17, 15) is 4.79 Å². The van der Waals surface area contributed by atoms with E-state index in [4.69, 9.17) is 10.5 Å². The topological polar surface area (TPSA) is 55.6 Å². The molecule has 0 saturated carbocycles. The average molecular weight is 262 g/mol. The third kappa shape index (κ3) is 2.67. The molecular formula is C15H22N2O2. The Kier molecular flexibility index (Phi) is 3.69. The molecule has 1 fully saturated rings. The molecule has 0 aliphatic carbocycles. The van der Waals surface area contributed by atoms with Crippen molar-refractivity contribution in [3.05, 3.63) is 23.8 Å². The Morgan fingerprint density at radius 3 is 2.74 bits per heavy atom. The van der Waals surface area contributed by atoms with Crippen LogP contribution in [0.15, 0.2) is 18.2 Å². The molecule has 1 aromatic rings. The number of nitrogen functional groups attached to an aromatic ring is 1. The molecule has 2 N–H and O–H groups in total. The van der Waals surface area contributed by atoms with E-state index in [1.807, 2.05) is 11.8 Å². The molecule has 1 aliphatic heterocycles. The molecule has 0 bridgehead atoms. The van der Waals surface area contributed by atoms with E-state index in [2.05, 4.69) is 13.8 Å². The predicted octanol–water partition coefficient (Wildman–Crippen LogP) is 2.68. The Morgan fingerprint density at radius 1 is 1.47 bits per heavy atom. The van der Waals surface area contributed by atoms with Crippen molar-refractivity contribution in [3.8, 4) is 5.75 Å². The number of carbonyl (C=O) groups excluding carboxylic acids is 1. The van der Waals surface area contributed by atoms with Gasteiger partial charge in [-0.05, 0) is 51.8 Å². The van der Waals surface area contributed by atoms with Crippen LogP contribution < -0.4 is 10.5 Å². The predicted molar refractivity (Wildman–Crippen MR) is 76.4 cm³/mol. The Balaban J connectivity index is 2.22. The van der Waals surface area contributed by atoms with Gasteiger partial charge in [0.1, 0.15) is 5.75 Å². The van der Waals surface area contributed by atoms with Crippen LogP contribution in [0.4, 0.5) is 5.69 Å². The summed E-state index contributed by atoms with van der Waals surface area (Å²) in [5.74, 6) is 0.692. The lowest BCUT2D eigenvalue weighted by molar-refractivity contribution is 0.0652. The van der Waals surface area contributed by atoms with E-state index in [0.29, 0.717) is 23.6 Å². The first kappa shape index (κ1) is 13.7. The summed E-state index contributed by atoms with van der Waals surface area (Å²) in [5.41, 5.74) is 7.00. The minimum Gasteiger partial charge on any atom is -0.492 e. The zero-order chi connectivity index (χ0) is 14.0. The molecule has 0 spiro atoms. The molecule has 0 aromatic heterocycles. The van der Waals surface area contributed by atoms with Crippen LogP contribution in [0.3, 0.4) is 0 Å². The number of benzene rings is 1. The zero-order valence-electron chi connectivity index (χ0n) is 11.9. The first-order valence-corrected chi connectivity index (χ1v) is 6.80. The molecule has 4 nitrogen and oxygen atoms in total. The number of likely N-dealkylation sites (tertiary alicyclic amines) is 1. The van der Waals surface area contributed by atoms with E-state index < -0.39 is 0 Å². The molecule has 4 heteroatoms. The SMILES string of the molecule is CCOc1ccc(C(=O)N2CCCC2(C)C)cc1N. The Hall–Kier alpha value is -1.71. The van der Waals surface area contributed by atoms with E-state index in [0.717, 1.165) is 19.4 Å². The number of rotatable bonds is 3. The van der Waals surface area contributed by atoms with Gasteiger partial charge < -0.3 is 15.4 Å². The van der Waals surface area contributed by atoms with Gasteiger partial charge in [-0.1, -0.05) is 0 Å². The molecule has 1 aromatic carbocycles.